The molecule has 16 heavy (non-hydrogen) atoms. The van der Waals surface area contributed by atoms with E-state index < -0.39 is 5.60 Å². The lowest BCUT2D eigenvalue weighted by Gasteiger charge is -2.21. The molecule has 0 aliphatic carbocycles. The molecule has 0 aromatic heterocycles. The first-order valence-corrected chi connectivity index (χ1v) is 5.69. The van der Waals surface area contributed by atoms with Gasteiger partial charge in [0.05, 0.1) is 0 Å². The van der Waals surface area contributed by atoms with Gasteiger partial charge < -0.3 is 20.7 Å². The molecule has 5 heteroatoms. The number of hydrogen-bond donors (Lipinski definition) is 2. The fourth-order valence-corrected chi connectivity index (χ4v) is 1.86. The molecule has 94 valence electrons. The van der Waals surface area contributed by atoms with E-state index >= 15 is 0 Å². The Morgan fingerprint density at radius 2 is 2.12 bits per heavy atom. The first kappa shape index (κ1) is 13.3. The van der Waals surface area contributed by atoms with Gasteiger partial charge in [0, 0.05) is 31.6 Å². The van der Waals surface area contributed by atoms with Crippen molar-refractivity contribution in [2.24, 2.45) is 11.7 Å². The molecule has 5 nitrogen and oxygen atoms in total. The van der Waals surface area contributed by atoms with E-state index in [1.54, 1.807) is 0 Å². The minimum absolute atomic E-state index is 0.139. The number of likely N-dealkylation sites (tertiary alicyclic amines) is 1. The molecule has 2 unspecified atom stereocenters. The van der Waals surface area contributed by atoms with Gasteiger partial charge in [-0.2, -0.15) is 0 Å². The van der Waals surface area contributed by atoms with Crippen molar-refractivity contribution in [3.63, 3.8) is 0 Å². The summed E-state index contributed by atoms with van der Waals surface area (Å²) in [4.78, 5) is 13.6. The maximum Gasteiger partial charge on any atom is 0.407 e. The molecule has 0 spiro atoms. The van der Waals surface area contributed by atoms with E-state index in [9.17, 15) is 4.79 Å². The molecular formula is C11H23N3O2. The summed E-state index contributed by atoms with van der Waals surface area (Å²) in [5, 5.41) is 2.76. The van der Waals surface area contributed by atoms with Gasteiger partial charge in [-0.15, -0.1) is 0 Å². The zero-order valence-electron chi connectivity index (χ0n) is 10.6. The molecule has 1 rings (SSSR count). The van der Waals surface area contributed by atoms with Crippen LogP contribution in [-0.2, 0) is 4.74 Å². The number of hydrogen-bond acceptors (Lipinski definition) is 4. The molecule has 1 aliphatic heterocycles. The zero-order valence-corrected chi connectivity index (χ0v) is 10.6. The van der Waals surface area contributed by atoms with E-state index in [1.807, 2.05) is 27.8 Å². The van der Waals surface area contributed by atoms with Gasteiger partial charge in [-0.1, -0.05) is 0 Å². The van der Waals surface area contributed by atoms with Crippen LogP contribution in [-0.4, -0.2) is 49.3 Å². The number of nitrogens with two attached hydrogens (primary N) is 1. The van der Waals surface area contributed by atoms with Crippen LogP contribution in [0.15, 0.2) is 0 Å². The number of carbonyl (C=O) groups excluding carboxylic acids is 1. The maximum atomic E-state index is 11.4. The number of likely N-dealkylation sites (N-methyl/N-ethyl adjacent to an activating group) is 1. The van der Waals surface area contributed by atoms with E-state index in [4.69, 9.17) is 10.5 Å². The molecule has 1 heterocycles. The van der Waals surface area contributed by atoms with Crippen LogP contribution in [0.4, 0.5) is 4.79 Å². The van der Waals surface area contributed by atoms with E-state index in [0.29, 0.717) is 12.5 Å². The standard InChI is InChI=1S/C11H23N3O2/c1-11(2,3)16-10(15)13-5-8-6-14(4)7-9(8)12/h8-9H,5-7,12H2,1-4H3,(H,13,15). The van der Waals surface area contributed by atoms with E-state index in [1.165, 1.54) is 0 Å². The van der Waals surface area contributed by atoms with Gasteiger partial charge in [0.2, 0.25) is 0 Å². The number of carbonyl (C=O) groups is 1. The topological polar surface area (TPSA) is 67.6 Å². The van der Waals surface area contributed by atoms with E-state index in [2.05, 4.69) is 10.2 Å². The summed E-state index contributed by atoms with van der Waals surface area (Å²) in [5.41, 5.74) is 5.50. The third-order valence-electron chi connectivity index (χ3n) is 2.58. The number of nitrogens with zero attached hydrogens (tertiary/aromatic N) is 1. The van der Waals surface area contributed by atoms with Gasteiger partial charge in [-0.25, -0.2) is 4.79 Å². The predicted molar refractivity (Wildman–Crippen MR) is 63.2 cm³/mol. The molecule has 1 aliphatic rings. The summed E-state index contributed by atoms with van der Waals surface area (Å²) in [5.74, 6) is 0.317. The molecule has 2 atom stereocenters. The highest BCUT2D eigenvalue weighted by Crippen LogP contribution is 2.13. The van der Waals surface area contributed by atoms with Gasteiger partial charge in [-0.3, -0.25) is 0 Å². The molecule has 0 aromatic carbocycles. The van der Waals surface area contributed by atoms with Gasteiger partial charge >= 0.3 is 6.09 Å². The van der Waals surface area contributed by atoms with E-state index in [-0.39, 0.29) is 12.1 Å². The smallest absolute Gasteiger partial charge is 0.407 e. The highest BCUT2D eigenvalue weighted by atomic mass is 16.6. The molecule has 1 saturated heterocycles. The Balaban J connectivity index is 2.27. The minimum Gasteiger partial charge on any atom is -0.444 e. The molecule has 0 bridgehead atoms. The van der Waals surface area contributed by atoms with Crippen molar-refractivity contribution in [3.8, 4) is 0 Å². The molecule has 3 N–H and O–H groups in total. The summed E-state index contributed by atoms with van der Waals surface area (Å²) in [7, 11) is 2.04. The molecular weight excluding hydrogens is 206 g/mol. The summed E-state index contributed by atoms with van der Waals surface area (Å²) in [6, 6.07) is 0.139. The Labute approximate surface area is 97.3 Å². The van der Waals surface area contributed by atoms with Crippen molar-refractivity contribution < 1.29 is 9.53 Å². The summed E-state index contributed by atoms with van der Waals surface area (Å²) < 4.78 is 5.16. The van der Waals surface area contributed by atoms with Crippen molar-refractivity contribution >= 4 is 6.09 Å². The summed E-state index contributed by atoms with van der Waals surface area (Å²) in [6.07, 6.45) is -0.366. The zero-order chi connectivity index (χ0) is 12.3. The fourth-order valence-electron chi connectivity index (χ4n) is 1.86. The average Bonchev–Trinajstić information content (AvgIpc) is 2.38. The average molecular weight is 229 g/mol. The second-order valence-corrected chi connectivity index (χ2v) is 5.53. The summed E-state index contributed by atoms with van der Waals surface area (Å²) >= 11 is 0. The van der Waals surface area contributed by atoms with Crippen LogP contribution in [0.1, 0.15) is 20.8 Å². The fraction of sp³-hybridized carbons (Fsp3) is 0.909. The molecule has 0 radical (unpaired) electrons. The van der Waals surface area contributed by atoms with Crippen LogP contribution < -0.4 is 11.1 Å². The lowest BCUT2D eigenvalue weighted by atomic mass is 10.1. The number of ether oxygens (including phenoxy) is 1. The Kier molecular flexibility index (Phi) is 4.15. The van der Waals surface area contributed by atoms with E-state index in [0.717, 1.165) is 13.1 Å². The van der Waals surface area contributed by atoms with Crippen LogP contribution >= 0.6 is 0 Å². The highest BCUT2D eigenvalue weighted by molar-refractivity contribution is 5.67. The first-order valence-electron chi connectivity index (χ1n) is 5.69. The first-order chi connectivity index (χ1) is 7.28. The van der Waals surface area contributed by atoms with Crippen molar-refractivity contribution in [1.29, 1.82) is 0 Å². The van der Waals surface area contributed by atoms with Gasteiger partial charge in [0.25, 0.3) is 0 Å². The monoisotopic (exact) mass is 229 g/mol. The minimum atomic E-state index is -0.446. The number of rotatable bonds is 2. The lowest BCUT2D eigenvalue weighted by Crippen LogP contribution is -2.40. The quantitative estimate of drug-likeness (QED) is 0.719. The molecule has 1 fully saturated rings. The van der Waals surface area contributed by atoms with Crippen molar-refractivity contribution in [3.05, 3.63) is 0 Å². The SMILES string of the molecule is CN1CC(N)C(CNC(=O)OC(C)(C)C)C1. The van der Waals surface area contributed by atoms with Crippen LogP contribution in [0, 0.1) is 5.92 Å². The second-order valence-electron chi connectivity index (χ2n) is 5.53. The van der Waals surface area contributed by atoms with Crippen molar-refractivity contribution in [1.82, 2.24) is 10.2 Å². The van der Waals surface area contributed by atoms with Crippen LogP contribution in [0.25, 0.3) is 0 Å². The van der Waals surface area contributed by atoms with Gasteiger partial charge in [0.15, 0.2) is 0 Å². The second kappa shape index (κ2) is 5.01. The largest absolute Gasteiger partial charge is 0.444 e. The Morgan fingerprint density at radius 1 is 1.50 bits per heavy atom. The third kappa shape index (κ3) is 4.37. The van der Waals surface area contributed by atoms with Crippen molar-refractivity contribution in [2.45, 2.75) is 32.4 Å². The molecule has 1 amide bonds. The van der Waals surface area contributed by atoms with Gasteiger partial charge in [-0.05, 0) is 27.8 Å². The Morgan fingerprint density at radius 3 is 2.56 bits per heavy atom. The van der Waals surface area contributed by atoms with Crippen molar-refractivity contribution in [2.75, 3.05) is 26.7 Å². The number of amides is 1. The Bertz CT molecular complexity index is 250. The summed E-state index contributed by atoms with van der Waals surface area (Å²) in [6.45, 7) is 7.95. The van der Waals surface area contributed by atoms with Crippen LogP contribution in [0.3, 0.4) is 0 Å². The normalized spacial score (nSPS) is 26.8. The van der Waals surface area contributed by atoms with Crippen LogP contribution in [0.2, 0.25) is 0 Å². The molecule has 0 saturated carbocycles. The Hall–Kier alpha value is -0.810. The maximum absolute atomic E-state index is 11.4. The number of nitrogens with one attached hydrogen (secondary N) is 1. The lowest BCUT2D eigenvalue weighted by molar-refractivity contribution is 0.0519. The van der Waals surface area contributed by atoms with Gasteiger partial charge in [0.1, 0.15) is 5.60 Å². The number of alkyl carbamates (subject to hydrolysis) is 1. The highest BCUT2D eigenvalue weighted by Gasteiger charge is 2.28. The molecule has 0 aromatic rings. The predicted octanol–water partition coefficient (Wildman–Crippen LogP) is 0.400. The third-order valence-corrected chi connectivity index (χ3v) is 2.58. The van der Waals surface area contributed by atoms with Crippen LogP contribution in [0.5, 0.6) is 0 Å².